The first kappa shape index (κ1) is 12.5. The maximum absolute atomic E-state index is 12.4. The van der Waals surface area contributed by atoms with E-state index >= 15 is 0 Å². The molecule has 1 atom stereocenters. The van der Waals surface area contributed by atoms with Crippen molar-refractivity contribution in [2.24, 2.45) is 5.73 Å². The van der Waals surface area contributed by atoms with E-state index in [-0.39, 0.29) is 0 Å². The van der Waals surface area contributed by atoms with Crippen LogP contribution in [0, 0.1) is 0 Å². The second-order valence-electron chi connectivity index (χ2n) is 3.73. The van der Waals surface area contributed by atoms with Crippen LogP contribution in [0.4, 0.5) is 13.2 Å². The van der Waals surface area contributed by atoms with Crippen molar-refractivity contribution in [3.63, 3.8) is 0 Å². The van der Waals surface area contributed by atoms with Crippen molar-refractivity contribution in [3.05, 3.63) is 59.7 Å². The van der Waals surface area contributed by atoms with E-state index in [1.165, 1.54) is 24.7 Å². The van der Waals surface area contributed by atoms with E-state index in [4.69, 9.17) is 5.73 Å². The number of benzene rings is 1. The molecular formula is C12H10F3N3. The minimum atomic E-state index is -4.34. The molecule has 1 heterocycles. The molecule has 2 aromatic rings. The van der Waals surface area contributed by atoms with E-state index in [1.54, 1.807) is 6.07 Å². The molecule has 18 heavy (non-hydrogen) atoms. The van der Waals surface area contributed by atoms with Crippen LogP contribution in [0.2, 0.25) is 0 Å². The first-order chi connectivity index (χ1) is 8.48. The van der Waals surface area contributed by atoms with E-state index in [9.17, 15) is 13.2 Å². The van der Waals surface area contributed by atoms with Crippen LogP contribution in [0.1, 0.15) is 22.9 Å². The van der Waals surface area contributed by atoms with Crippen LogP contribution >= 0.6 is 0 Å². The zero-order valence-corrected chi connectivity index (χ0v) is 9.22. The third-order valence-electron chi connectivity index (χ3n) is 2.52. The van der Waals surface area contributed by atoms with Gasteiger partial charge in [0.05, 0.1) is 17.3 Å². The summed E-state index contributed by atoms with van der Waals surface area (Å²) < 4.78 is 37.2. The molecular weight excluding hydrogens is 243 g/mol. The molecule has 0 amide bonds. The number of nitrogens with two attached hydrogens (primary N) is 1. The van der Waals surface area contributed by atoms with Gasteiger partial charge in [0, 0.05) is 6.20 Å². The lowest BCUT2D eigenvalue weighted by Crippen LogP contribution is -2.14. The fourth-order valence-corrected chi connectivity index (χ4v) is 1.54. The van der Waals surface area contributed by atoms with Gasteiger partial charge in [0.25, 0.3) is 0 Å². The Morgan fingerprint density at radius 3 is 2.22 bits per heavy atom. The molecule has 0 bridgehead atoms. The second kappa shape index (κ2) is 4.73. The summed E-state index contributed by atoms with van der Waals surface area (Å²) in [4.78, 5) is 7.72. The summed E-state index contributed by atoms with van der Waals surface area (Å²) >= 11 is 0. The number of nitrogens with zero attached hydrogens (tertiary/aromatic N) is 2. The minimum absolute atomic E-state index is 0.560. The molecule has 0 fully saturated rings. The van der Waals surface area contributed by atoms with E-state index in [1.807, 2.05) is 0 Å². The quantitative estimate of drug-likeness (QED) is 0.894. The van der Waals surface area contributed by atoms with E-state index in [0.717, 1.165) is 12.1 Å². The van der Waals surface area contributed by atoms with Crippen molar-refractivity contribution in [2.45, 2.75) is 12.2 Å². The number of halogens is 3. The fourth-order valence-electron chi connectivity index (χ4n) is 1.54. The predicted molar refractivity (Wildman–Crippen MR) is 59.5 cm³/mol. The van der Waals surface area contributed by atoms with Gasteiger partial charge in [-0.2, -0.15) is 13.2 Å². The van der Waals surface area contributed by atoms with Crippen LogP contribution in [0.5, 0.6) is 0 Å². The van der Waals surface area contributed by atoms with E-state index in [2.05, 4.69) is 9.97 Å². The monoisotopic (exact) mass is 253 g/mol. The lowest BCUT2D eigenvalue weighted by atomic mass is 10.0. The molecule has 0 aliphatic carbocycles. The summed E-state index contributed by atoms with van der Waals surface area (Å²) in [7, 11) is 0. The van der Waals surface area contributed by atoms with E-state index in [0.29, 0.717) is 11.3 Å². The number of alkyl halides is 3. The molecule has 0 saturated carbocycles. The molecule has 1 unspecified atom stereocenters. The van der Waals surface area contributed by atoms with E-state index < -0.39 is 17.8 Å². The Labute approximate surface area is 101 Å². The standard InChI is InChI=1S/C12H10F3N3/c13-12(14,15)9-3-1-8(2-4-9)11(16)10-5-6-17-7-18-10/h1-7,11H,16H2. The third kappa shape index (κ3) is 2.65. The topological polar surface area (TPSA) is 51.8 Å². The highest BCUT2D eigenvalue weighted by molar-refractivity contribution is 5.30. The highest BCUT2D eigenvalue weighted by Crippen LogP contribution is 2.30. The maximum Gasteiger partial charge on any atom is 0.416 e. The highest BCUT2D eigenvalue weighted by atomic mass is 19.4. The Balaban J connectivity index is 2.25. The van der Waals surface area contributed by atoms with Crippen LogP contribution in [0.15, 0.2) is 42.9 Å². The molecule has 1 aromatic heterocycles. The van der Waals surface area contributed by atoms with Crippen molar-refractivity contribution in [1.29, 1.82) is 0 Å². The Kier molecular flexibility index (Phi) is 3.29. The first-order valence-electron chi connectivity index (χ1n) is 5.17. The van der Waals surface area contributed by atoms with Gasteiger partial charge in [0.2, 0.25) is 0 Å². The number of hydrogen-bond acceptors (Lipinski definition) is 3. The summed E-state index contributed by atoms with van der Waals surface area (Å²) in [6, 6.07) is 5.80. The number of hydrogen-bond donors (Lipinski definition) is 1. The average molecular weight is 253 g/mol. The molecule has 94 valence electrons. The van der Waals surface area contributed by atoms with Crippen molar-refractivity contribution in [1.82, 2.24) is 9.97 Å². The van der Waals surface area contributed by atoms with Gasteiger partial charge in [-0.3, -0.25) is 0 Å². The molecule has 2 rings (SSSR count). The summed E-state index contributed by atoms with van der Waals surface area (Å²) in [5.41, 5.74) is 6.34. The smallest absolute Gasteiger partial charge is 0.319 e. The SMILES string of the molecule is NC(c1ccc(C(F)(F)F)cc1)c1ccncn1. The Hall–Kier alpha value is -1.95. The van der Waals surface area contributed by atoms with Crippen LogP contribution < -0.4 is 5.73 Å². The van der Waals surface area contributed by atoms with Crippen LogP contribution in [0.25, 0.3) is 0 Å². The molecule has 2 N–H and O–H groups in total. The Morgan fingerprint density at radius 1 is 1.06 bits per heavy atom. The zero-order chi connectivity index (χ0) is 13.2. The summed E-state index contributed by atoms with van der Waals surface area (Å²) in [5, 5.41) is 0. The minimum Gasteiger partial charge on any atom is -0.319 e. The number of aromatic nitrogens is 2. The number of rotatable bonds is 2. The van der Waals surface area contributed by atoms with Gasteiger partial charge in [-0.25, -0.2) is 9.97 Å². The van der Waals surface area contributed by atoms with Gasteiger partial charge in [0.1, 0.15) is 6.33 Å². The van der Waals surface area contributed by atoms with Crippen molar-refractivity contribution in [2.75, 3.05) is 0 Å². The highest BCUT2D eigenvalue weighted by Gasteiger charge is 2.30. The normalized spacial score (nSPS) is 13.3. The molecule has 0 radical (unpaired) electrons. The van der Waals surface area contributed by atoms with Gasteiger partial charge in [-0.15, -0.1) is 0 Å². The van der Waals surface area contributed by atoms with Crippen LogP contribution in [-0.2, 0) is 6.18 Å². The Morgan fingerprint density at radius 2 is 1.72 bits per heavy atom. The first-order valence-corrected chi connectivity index (χ1v) is 5.17. The lowest BCUT2D eigenvalue weighted by molar-refractivity contribution is -0.137. The Bertz CT molecular complexity index is 508. The predicted octanol–water partition coefficient (Wildman–Crippen LogP) is 2.54. The van der Waals surface area contributed by atoms with Gasteiger partial charge in [-0.05, 0) is 23.8 Å². The van der Waals surface area contributed by atoms with Crippen molar-refractivity contribution >= 4 is 0 Å². The largest absolute Gasteiger partial charge is 0.416 e. The van der Waals surface area contributed by atoms with Gasteiger partial charge in [0.15, 0.2) is 0 Å². The molecule has 3 nitrogen and oxygen atoms in total. The molecule has 0 aliphatic heterocycles. The van der Waals surface area contributed by atoms with Crippen molar-refractivity contribution in [3.8, 4) is 0 Å². The molecule has 0 spiro atoms. The lowest BCUT2D eigenvalue weighted by Gasteiger charge is -2.12. The summed E-state index contributed by atoms with van der Waals surface area (Å²) in [6.07, 6.45) is -1.46. The molecule has 0 aliphatic rings. The average Bonchev–Trinajstić information content (AvgIpc) is 2.38. The second-order valence-corrected chi connectivity index (χ2v) is 3.73. The zero-order valence-electron chi connectivity index (χ0n) is 9.22. The van der Waals surface area contributed by atoms with Gasteiger partial charge < -0.3 is 5.73 Å². The summed E-state index contributed by atoms with van der Waals surface area (Å²) in [6.45, 7) is 0. The third-order valence-corrected chi connectivity index (χ3v) is 2.52. The summed E-state index contributed by atoms with van der Waals surface area (Å²) in [5.74, 6) is 0. The van der Waals surface area contributed by atoms with Crippen LogP contribution in [-0.4, -0.2) is 9.97 Å². The van der Waals surface area contributed by atoms with Gasteiger partial charge >= 0.3 is 6.18 Å². The fraction of sp³-hybridized carbons (Fsp3) is 0.167. The molecule has 1 aromatic carbocycles. The molecule has 0 saturated heterocycles. The van der Waals surface area contributed by atoms with Crippen molar-refractivity contribution < 1.29 is 13.2 Å². The van der Waals surface area contributed by atoms with Gasteiger partial charge in [-0.1, -0.05) is 12.1 Å². The molecule has 6 heteroatoms. The van der Waals surface area contributed by atoms with Crippen LogP contribution in [0.3, 0.4) is 0 Å². The maximum atomic E-state index is 12.4.